The summed E-state index contributed by atoms with van der Waals surface area (Å²) < 4.78 is 15.1. The Morgan fingerprint density at radius 2 is 2.24 bits per heavy atom. The Morgan fingerprint density at radius 1 is 1.57 bits per heavy atom. The molecular formula is C14H15FN4OS. The maximum atomic E-state index is 12.8. The minimum absolute atomic E-state index is 0.304. The van der Waals surface area contributed by atoms with Gasteiger partial charge in [-0.2, -0.15) is 5.10 Å². The fraction of sp³-hybridized carbons (Fsp3) is 0.214. The van der Waals surface area contributed by atoms with E-state index in [1.54, 1.807) is 17.6 Å². The van der Waals surface area contributed by atoms with Crippen LogP contribution >= 0.6 is 12.2 Å². The second-order valence-corrected chi connectivity index (χ2v) is 4.87. The van der Waals surface area contributed by atoms with Crippen LogP contribution in [0.15, 0.2) is 36.9 Å². The number of carbonyl (C=O) groups excluding carboxylic acids is 1. The van der Waals surface area contributed by atoms with Gasteiger partial charge in [0.15, 0.2) is 10.6 Å². The van der Waals surface area contributed by atoms with Gasteiger partial charge in [-0.05, 0) is 43.4 Å². The van der Waals surface area contributed by atoms with Gasteiger partial charge in [0.05, 0.1) is 6.04 Å². The molecular weight excluding hydrogens is 291 g/mol. The molecule has 0 spiro atoms. The van der Waals surface area contributed by atoms with Crippen LogP contribution in [-0.2, 0) is 6.54 Å². The third-order valence-electron chi connectivity index (χ3n) is 2.94. The minimum atomic E-state index is -0.383. The van der Waals surface area contributed by atoms with E-state index < -0.39 is 0 Å². The van der Waals surface area contributed by atoms with Gasteiger partial charge in [-0.15, -0.1) is 6.58 Å². The number of aromatic amines is 1. The van der Waals surface area contributed by atoms with Crippen LogP contribution in [0.1, 0.15) is 29.1 Å². The molecule has 2 aromatic rings. The molecule has 7 heteroatoms. The maximum absolute atomic E-state index is 12.8. The summed E-state index contributed by atoms with van der Waals surface area (Å²) in [4.78, 5) is 12.1. The van der Waals surface area contributed by atoms with E-state index >= 15 is 0 Å². The number of carbonyl (C=O) groups is 1. The van der Waals surface area contributed by atoms with E-state index in [1.807, 2.05) is 0 Å². The zero-order chi connectivity index (χ0) is 15.4. The van der Waals surface area contributed by atoms with Gasteiger partial charge in [0.2, 0.25) is 0 Å². The molecule has 0 unspecified atom stereocenters. The standard InChI is InChI=1S/C14H15FN4OS/c1-3-8-19-12(17-18-14(19)21)9(2)16-13(20)10-4-6-11(15)7-5-10/h3-7,9H,1,8H2,2H3,(H,16,20)(H,18,21)/t9-/m0/s1. The third kappa shape index (κ3) is 3.43. The topological polar surface area (TPSA) is 62.7 Å². The van der Waals surface area contributed by atoms with E-state index in [-0.39, 0.29) is 17.8 Å². The number of hydrogen-bond acceptors (Lipinski definition) is 3. The van der Waals surface area contributed by atoms with Crippen LogP contribution in [0.25, 0.3) is 0 Å². The number of allylic oxidation sites excluding steroid dienone is 1. The molecule has 0 bridgehead atoms. The highest BCUT2D eigenvalue weighted by atomic mass is 32.1. The smallest absolute Gasteiger partial charge is 0.251 e. The highest BCUT2D eigenvalue weighted by molar-refractivity contribution is 7.71. The first-order valence-corrected chi connectivity index (χ1v) is 6.76. The molecule has 2 rings (SSSR count). The fourth-order valence-electron chi connectivity index (χ4n) is 1.91. The summed E-state index contributed by atoms with van der Waals surface area (Å²) in [5, 5.41) is 9.61. The van der Waals surface area contributed by atoms with Crippen molar-refractivity contribution in [3.05, 3.63) is 58.9 Å². The molecule has 0 aliphatic heterocycles. The summed E-state index contributed by atoms with van der Waals surface area (Å²) in [6.45, 7) is 5.96. The number of benzene rings is 1. The molecule has 1 aromatic heterocycles. The lowest BCUT2D eigenvalue weighted by Gasteiger charge is -2.14. The SMILES string of the molecule is C=CCn1c([C@H](C)NC(=O)c2ccc(F)cc2)n[nH]c1=S. The zero-order valence-electron chi connectivity index (χ0n) is 11.5. The highest BCUT2D eigenvalue weighted by Gasteiger charge is 2.16. The van der Waals surface area contributed by atoms with Crippen molar-refractivity contribution in [2.45, 2.75) is 19.5 Å². The Hall–Kier alpha value is -2.28. The molecule has 1 heterocycles. The molecule has 1 amide bonds. The van der Waals surface area contributed by atoms with Gasteiger partial charge in [0.25, 0.3) is 5.91 Å². The number of aromatic nitrogens is 3. The van der Waals surface area contributed by atoms with Crippen LogP contribution in [0.5, 0.6) is 0 Å². The third-order valence-corrected chi connectivity index (χ3v) is 3.25. The fourth-order valence-corrected chi connectivity index (χ4v) is 2.13. The summed E-state index contributed by atoms with van der Waals surface area (Å²) in [5.74, 6) is -0.0802. The van der Waals surface area contributed by atoms with Crippen molar-refractivity contribution in [3.8, 4) is 0 Å². The average molecular weight is 306 g/mol. The van der Waals surface area contributed by atoms with E-state index in [1.165, 1.54) is 24.3 Å². The predicted octanol–water partition coefficient (Wildman–Crippen LogP) is 2.76. The van der Waals surface area contributed by atoms with Crippen molar-refractivity contribution in [2.24, 2.45) is 0 Å². The number of amides is 1. The first-order chi connectivity index (χ1) is 10.0. The van der Waals surface area contributed by atoms with Crippen molar-refractivity contribution in [3.63, 3.8) is 0 Å². The summed E-state index contributed by atoms with van der Waals surface area (Å²) >= 11 is 5.12. The van der Waals surface area contributed by atoms with Crippen LogP contribution in [-0.4, -0.2) is 20.7 Å². The number of halogens is 1. The number of nitrogens with zero attached hydrogens (tertiary/aromatic N) is 2. The maximum Gasteiger partial charge on any atom is 0.251 e. The van der Waals surface area contributed by atoms with Crippen molar-refractivity contribution in [1.82, 2.24) is 20.1 Å². The van der Waals surface area contributed by atoms with Crippen molar-refractivity contribution in [2.75, 3.05) is 0 Å². The Labute approximate surface area is 126 Å². The van der Waals surface area contributed by atoms with Gasteiger partial charge in [0, 0.05) is 12.1 Å². The number of rotatable bonds is 5. The largest absolute Gasteiger partial charge is 0.342 e. The summed E-state index contributed by atoms with van der Waals surface area (Å²) in [6.07, 6.45) is 1.70. The minimum Gasteiger partial charge on any atom is -0.342 e. The van der Waals surface area contributed by atoms with Crippen LogP contribution in [0.4, 0.5) is 4.39 Å². The van der Waals surface area contributed by atoms with Gasteiger partial charge >= 0.3 is 0 Å². The Kier molecular flexibility index (Phi) is 4.64. The van der Waals surface area contributed by atoms with Crippen LogP contribution in [0.2, 0.25) is 0 Å². The van der Waals surface area contributed by atoms with Crippen molar-refractivity contribution < 1.29 is 9.18 Å². The van der Waals surface area contributed by atoms with E-state index in [2.05, 4.69) is 22.1 Å². The van der Waals surface area contributed by atoms with Crippen LogP contribution in [0.3, 0.4) is 0 Å². The lowest BCUT2D eigenvalue weighted by Crippen LogP contribution is -2.28. The Morgan fingerprint density at radius 3 is 2.86 bits per heavy atom. The molecule has 5 nitrogen and oxygen atoms in total. The quantitative estimate of drug-likeness (QED) is 0.659. The van der Waals surface area contributed by atoms with Crippen molar-refractivity contribution >= 4 is 18.1 Å². The molecule has 21 heavy (non-hydrogen) atoms. The van der Waals surface area contributed by atoms with Crippen LogP contribution in [0, 0.1) is 10.6 Å². The van der Waals surface area contributed by atoms with Gasteiger partial charge in [0.1, 0.15) is 5.82 Å². The first-order valence-electron chi connectivity index (χ1n) is 6.35. The molecule has 0 radical (unpaired) electrons. The highest BCUT2D eigenvalue weighted by Crippen LogP contribution is 2.12. The normalized spacial score (nSPS) is 11.9. The van der Waals surface area contributed by atoms with Gasteiger partial charge in [-0.25, -0.2) is 4.39 Å². The average Bonchev–Trinajstić information content (AvgIpc) is 2.81. The molecule has 0 fully saturated rings. The Bertz CT molecular complexity index is 705. The Balaban J connectivity index is 2.16. The lowest BCUT2D eigenvalue weighted by atomic mass is 10.2. The molecule has 1 aromatic carbocycles. The molecule has 0 saturated carbocycles. The molecule has 0 saturated heterocycles. The van der Waals surface area contributed by atoms with E-state index in [9.17, 15) is 9.18 Å². The summed E-state index contributed by atoms with van der Waals surface area (Å²) in [5.41, 5.74) is 0.382. The monoisotopic (exact) mass is 306 g/mol. The van der Waals surface area contributed by atoms with E-state index in [0.29, 0.717) is 22.7 Å². The number of nitrogens with one attached hydrogen (secondary N) is 2. The van der Waals surface area contributed by atoms with Crippen LogP contribution < -0.4 is 5.32 Å². The number of hydrogen-bond donors (Lipinski definition) is 2. The zero-order valence-corrected chi connectivity index (χ0v) is 12.3. The molecule has 2 N–H and O–H groups in total. The van der Waals surface area contributed by atoms with E-state index in [4.69, 9.17) is 12.2 Å². The van der Waals surface area contributed by atoms with Crippen molar-refractivity contribution in [1.29, 1.82) is 0 Å². The predicted molar refractivity (Wildman–Crippen MR) is 79.9 cm³/mol. The summed E-state index contributed by atoms with van der Waals surface area (Å²) in [7, 11) is 0. The van der Waals surface area contributed by atoms with E-state index in [0.717, 1.165) is 0 Å². The van der Waals surface area contributed by atoms with Gasteiger partial charge in [-0.1, -0.05) is 6.08 Å². The second kappa shape index (κ2) is 6.45. The van der Waals surface area contributed by atoms with Gasteiger partial charge < -0.3 is 5.32 Å². The van der Waals surface area contributed by atoms with Gasteiger partial charge in [-0.3, -0.25) is 14.5 Å². The molecule has 0 aliphatic carbocycles. The number of H-pyrrole nitrogens is 1. The second-order valence-electron chi connectivity index (χ2n) is 4.49. The lowest BCUT2D eigenvalue weighted by molar-refractivity contribution is 0.0937. The molecule has 1 atom stereocenters. The summed E-state index contributed by atoms with van der Waals surface area (Å²) in [6, 6.07) is 4.99. The first kappa shape index (κ1) is 15.1. The molecule has 110 valence electrons. The molecule has 0 aliphatic rings.